The maximum absolute atomic E-state index is 10.9. The summed E-state index contributed by atoms with van der Waals surface area (Å²) in [4.78, 5) is 0. The average molecular weight is 228 g/mol. The molecule has 5 heteroatoms. The van der Waals surface area contributed by atoms with Crippen LogP contribution in [0.1, 0.15) is 13.8 Å². The van der Waals surface area contributed by atoms with Gasteiger partial charge in [0.05, 0.1) is 6.26 Å². The van der Waals surface area contributed by atoms with Gasteiger partial charge >= 0.3 is 0 Å². The predicted molar refractivity (Wildman–Crippen MR) is 63.7 cm³/mol. The van der Waals surface area contributed by atoms with Crippen LogP contribution in [0.4, 0.5) is 11.4 Å². The normalized spacial score (nSPS) is 11.5. The number of rotatable bonds is 4. The minimum atomic E-state index is -3.18. The number of benzene rings is 1. The van der Waals surface area contributed by atoms with E-state index < -0.39 is 10.0 Å². The van der Waals surface area contributed by atoms with Gasteiger partial charge in [0.2, 0.25) is 10.0 Å². The highest BCUT2D eigenvalue weighted by Crippen LogP contribution is 2.14. The topological polar surface area (TPSA) is 58.2 Å². The Morgan fingerprint density at radius 2 is 1.53 bits per heavy atom. The molecule has 0 atom stereocenters. The maximum atomic E-state index is 10.9. The molecular formula is C10H16N2O2S. The molecule has 0 spiro atoms. The van der Waals surface area contributed by atoms with Crippen LogP contribution in [0.15, 0.2) is 24.3 Å². The summed E-state index contributed by atoms with van der Waals surface area (Å²) in [5, 5.41) is 3.22. The minimum Gasteiger partial charge on any atom is -0.383 e. The zero-order valence-corrected chi connectivity index (χ0v) is 9.93. The Morgan fingerprint density at radius 1 is 1.07 bits per heavy atom. The zero-order valence-electron chi connectivity index (χ0n) is 9.11. The lowest BCUT2D eigenvalue weighted by atomic mass is 10.2. The molecule has 0 fully saturated rings. The lowest BCUT2D eigenvalue weighted by Gasteiger charge is -2.10. The van der Waals surface area contributed by atoms with Crippen LogP contribution in [-0.2, 0) is 10.0 Å². The highest BCUT2D eigenvalue weighted by atomic mass is 32.2. The standard InChI is InChI=1S/C10H16N2O2S/c1-8(2)11-9-4-6-10(7-5-9)12-15(3,13)14/h4-8,11-12H,1-3H3. The van der Waals surface area contributed by atoms with Gasteiger partial charge in [-0.25, -0.2) is 8.42 Å². The summed E-state index contributed by atoms with van der Waals surface area (Å²) < 4.78 is 24.3. The van der Waals surface area contributed by atoms with Crippen molar-refractivity contribution in [1.29, 1.82) is 0 Å². The molecule has 0 aromatic heterocycles. The lowest BCUT2D eigenvalue weighted by molar-refractivity contribution is 0.607. The molecule has 1 aromatic carbocycles. The van der Waals surface area contributed by atoms with Crippen LogP contribution in [0, 0.1) is 0 Å². The molecule has 1 rings (SSSR count). The number of nitrogens with one attached hydrogen (secondary N) is 2. The largest absolute Gasteiger partial charge is 0.383 e. The molecule has 0 bridgehead atoms. The van der Waals surface area contributed by atoms with Gasteiger partial charge in [-0.3, -0.25) is 4.72 Å². The summed E-state index contributed by atoms with van der Waals surface area (Å²) >= 11 is 0. The van der Waals surface area contributed by atoms with Crippen molar-refractivity contribution in [1.82, 2.24) is 0 Å². The van der Waals surface area contributed by atoms with Crippen molar-refractivity contribution >= 4 is 21.4 Å². The van der Waals surface area contributed by atoms with Gasteiger partial charge in [-0.05, 0) is 38.1 Å². The van der Waals surface area contributed by atoms with Gasteiger partial charge < -0.3 is 5.32 Å². The molecule has 0 aliphatic carbocycles. The van der Waals surface area contributed by atoms with E-state index in [1.807, 2.05) is 26.0 Å². The molecule has 0 radical (unpaired) electrons. The Bertz CT molecular complexity index is 410. The first kappa shape index (κ1) is 11.8. The van der Waals surface area contributed by atoms with E-state index in [1.54, 1.807) is 12.1 Å². The monoisotopic (exact) mass is 228 g/mol. The maximum Gasteiger partial charge on any atom is 0.229 e. The van der Waals surface area contributed by atoms with Crippen LogP contribution in [0.2, 0.25) is 0 Å². The molecule has 0 unspecified atom stereocenters. The number of anilines is 2. The van der Waals surface area contributed by atoms with Crippen LogP contribution in [-0.4, -0.2) is 20.7 Å². The molecule has 0 aliphatic rings. The fourth-order valence-corrected chi connectivity index (χ4v) is 1.75. The van der Waals surface area contributed by atoms with E-state index in [0.29, 0.717) is 11.7 Å². The molecule has 0 aliphatic heterocycles. The highest BCUT2D eigenvalue weighted by Gasteiger charge is 2.01. The van der Waals surface area contributed by atoms with Gasteiger partial charge in [0.25, 0.3) is 0 Å². The SMILES string of the molecule is CC(C)Nc1ccc(NS(C)(=O)=O)cc1. The highest BCUT2D eigenvalue weighted by molar-refractivity contribution is 7.92. The fourth-order valence-electron chi connectivity index (χ4n) is 1.18. The van der Waals surface area contributed by atoms with Gasteiger partial charge in [0.1, 0.15) is 0 Å². The van der Waals surface area contributed by atoms with E-state index in [-0.39, 0.29) is 0 Å². The van der Waals surface area contributed by atoms with Crippen LogP contribution in [0.25, 0.3) is 0 Å². The fraction of sp³-hybridized carbons (Fsp3) is 0.400. The van der Waals surface area contributed by atoms with Crippen molar-refractivity contribution in [2.75, 3.05) is 16.3 Å². The smallest absolute Gasteiger partial charge is 0.229 e. The second-order valence-corrected chi connectivity index (χ2v) is 5.50. The summed E-state index contributed by atoms with van der Waals surface area (Å²) in [7, 11) is -3.18. The van der Waals surface area contributed by atoms with Crippen LogP contribution < -0.4 is 10.0 Å². The third-order valence-corrected chi connectivity index (χ3v) is 2.25. The quantitative estimate of drug-likeness (QED) is 0.827. The molecule has 0 heterocycles. The first-order chi connectivity index (χ1) is 6.87. The predicted octanol–water partition coefficient (Wildman–Crippen LogP) is 1.88. The Hall–Kier alpha value is -1.23. The lowest BCUT2D eigenvalue weighted by Crippen LogP contribution is -2.11. The Labute approximate surface area is 90.8 Å². The second kappa shape index (κ2) is 4.53. The molecular weight excluding hydrogens is 212 g/mol. The molecule has 84 valence electrons. The summed E-state index contributed by atoms with van der Waals surface area (Å²) in [5.41, 5.74) is 1.55. The first-order valence-corrected chi connectivity index (χ1v) is 6.60. The molecule has 0 saturated carbocycles. The van der Waals surface area contributed by atoms with Crippen LogP contribution >= 0.6 is 0 Å². The van der Waals surface area contributed by atoms with E-state index in [0.717, 1.165) is 11.9 Å². The van der Waals surface area contributed by atoms with Crippen LogP contribution in [0.3, 0.4) is 0 Å². The van der Waals surface area contributed by atoms with Gasteiger partial charge in [0, 0.05) is 17.4 Å². The van der Waals surface area contributed by atoms with Crippen molar-refractivity contribution < 1.29 is 8.42 Å². The third-order valence-electron chi connectivity index (χ3n) is 1.64. The van der Waals surface area contributed by atoms with E-state index in [2.05, 4.69) is 10.0 Å². The molecule has 0 amide bonds. The summed E-state index contributed by atoms with van der Waals surface area (Å²) in [6.45, 7) is 4.09. The van der Waals surface area contributed by atoms with E-state index in [1.165, 1.54) is 0 Å². The number of sulfonamides is 1. The summed E-state index contributed by atoms with van der Waals surface area (Å²) in [5.74, 6) is 0. The van der Waals surface area contributed by atoms with Crippen LogP contribution in [0.5, 0.6) is 0 Å². The number of hydrogen-bond donors (Lipinski definition) is 2. The van der Waals surface area contributed by atoms with Gasteiger partial charge in [-0.15, -0.1) is 0 Å². The zero-order chi connectivity index (χ0) is 11.5. The van der Waals surface area contributed by atoms with Gasteiger partial charge in [-0.1, -0.05) is 0 Å². The summed E-state index contributed by atoms with van der Waals surface area (Å²) in [6, 6.07) is 7.50. The van der Waals surface area contributed by atoms with E-state index >= 15 is 0 Å². The molecule has 2 N–H and O–H groups in total. The van der Waals surface area contributed by atoms with Gasteiger partial charge in [-0.2, -0.15) is 0 Å². The van der Waals surface area contributed by atoms with Crippen molar-refractivity contribution in [3.05, 3.63) is 24.3 Å². The first-order valence-electron chi connectivity index (χ1n) is 4.71. The Morgan fingerprint density at radius 3 is 1.93 bits per heavy atom. The van der Waals surface area contributed by atoms with Crippen molar-refractivity contribution in [3.63, 3.8) is 0 Å². The average Bonchev–Trinajstić information content (AvgIpc) is 2.05. The molecule has 4 nitrogen and oxygen atoms in total. The third kappa shape index (κ3) is 4.69. The second-order valence-electron chi connectivity index (χ2n) is 3.75. The summed E-state index contributed by atoms with van der Waals surface area (Å²) in [6.07, 6.45) is 1.13. The minimum absolute atomic E-state index is 0.360. The molecule has 0 saturated heterocycles. The Balaban J connectivity index is 2.73. The van der Waals surface area contributed by atoms with E-state index in [9.17, 15) is 8.42 Å². The van der Waals surface area contributed by atoms with Gasteiger partial charge in [0.15, 0.2) is 0 Å². The number of hydrogen-bond acceptors (Lipinski definition) is 3. The molecule has 15 heavy (non-hydrogen) atoms. The Kier molecular flexibility index (Phi) is 3.57. The van der Waals surface area contributed by atoms with E-state index in [4.69, 9.17) is 0 Å². The van der Waals surface area contributed by atoms with Crippen molar-refractivity contribution in [3.8, 4) is 0 Å². The van der Waals surface area contributed by atoms with Crippen molar-refractivity contribution in [2.24, 2.45) is 0 Å². The van der Waals surface area contributed by atoms with Crippen molar-refractivity contribution in [2.45, 2.75) is 19.9 Å². The molecule has 1 aromatic rings.